The normalized spacial score (nSPS) is 15.9. The van der Waals surface area contributed by atoms with Gasteiger partial charge < -0.3 is 4.90 Å². The molecule has 0 aliphatic carbocycles. The lowest BCUT2D eigenvalue weighted by atomic mass is 9.93. The second-order valence-corrected chi connectivity index (χ2v) is 11.7. The molecule has 7 heteroatoms. The summed E-state index contributed by atoms with van der Waals surface area (Å²) in [4.78, 5) is 17.1. The van der Waals surface area contributed by atoms with Crippen LogP contribution in [0.3, 0.4) is 0 Å². The van der Waals surface area contributed by atoms with Gasteiger partial charge in [-0.1, -0.05) is 67.6 Å². The van der Waals surface area contributed by atoms with Gasteiger partial charge in [0.05, 0.1) is 17.5 Å². The molecule has 1 aliphatic heterocycles. The summed E-state index contributed by atoms with van der Waals surface area (Å²) in [6.45, 7) is 2.61. The summed E-state index contributed by atoms with van der Waals surface area (Å²) in [6, 6.07) is 24.7. The number of thiophene rings is 1. The van der Waals surface area contributed by atoms with Gasteiger partial charge in [-0.05, 0) is 58.3 Å². The highest BCUT2D eigenvalue weighted by molar-refractivity contribution is 7.89. The standard InChI is InChI=1S/C28H28N2O3S2/c1-2-16-29(35(32,33)24-13-12-21-8-6-7-11-23(21)19-24)20-27(31)30-17-14-26-25(15-18-34-26)28(30)22-9-4-3-5-10-22/h3-13,15,18-19,28H,2,14,16-17,20H2,1H3/t28-/m1/s1. The van der Waals surface area contributed by atoms with E-state index in [0.29, 0.717) is 13.0 Å². The maximum absolute atomic E-state index is 13.7. The Kier molecular flexibility index (Phi) is 6.73. The van der Waals surface area contributed by atoms with Gasteiger partial charge in [0.2, 0.25) is 15.9 Å². The Morgan fingerprint density at radius 2 is 1.74 bits per heavy atom. The molecule has 0 radical (unpaired) electrons. The Morgan fingerprint density at radius 3 is 2.51 bits per heavy atom. The maximum atomic E-state index is 13.7. The van der Waals surface area contributed by atoms with Gasteiger partial charge in [0.25, 0.3) is 0 Å². The highest BCUT2D eigenvalue weighted by atomic mass is 32.2. The fraction of sp³-hybridized carbons (Fsp3) is 0.250. The third kappa shape index (κ3) is 4.63. The van der Waals surface area contributed by atoms with Gasteiger partial charge in [-0.3, -0.25) is 4.79 Å². The molecule has 0 unspecified atom stereocenters. The number of carbonyl (C=O) groups excluding carboxylic acids is 1. The number of rotatable bonds is 7. The lowest BCUT2D eigenvalue weighted by Crippen LogP contribution is -2.46. The molecule has 0 N–H and O–H groups in total. The average Bonchev–Trinajstić information content (AvgIpc) is 3.37. The molecule has 1 amide bonds. The number of carbonyl (C=O) groups is 1. The maximum Gasteiger partial charge on any atom is 0.243 e. The van der Waals surface area contributed by atoms with Gasteiger partial charge in [-0.15, -0.1) is 11.3 Å². The Bertz CT molecular complexity index is 1450. The highest BCUT2D eigenvalue weighted by Crippen LogP contribution is 2.38. The molecule has 3 aromatic carbocycles. The highest BCUT2D eigenvalue weighted by Gasteiger charge is 2.35. The summed E-state index contributed by atoms with van der Waals surface area (Å²) >= 11 is 1.72. The minimum atomic E-state index is -3.83. The van der Waals surface area contributed by atoms with Gasteiger partial charge in [0.15, 0.2) is 0 Å². The summed E-state index contributed by atoms with van der Waals surface area (Å²) in [5.41, 5.74) is 2.18. The number of hydrogen-bond acceptors (Lipinski definition) is 4. The molecule has 0 saturated heterocycles. The number of benzene rings is 3. The van der Waals surface area contributed by atoms with Crippen LogP contribution in [0.2, 0.25) is 0 Å². The fourth-order valence-electron chi connectivity index (χ4n) is 4.83. The van der Waals surface area contributed by atoms with E-state index in [1.165, 1.54) is 9.18 Å². The molecule has 180 valence electrons. The van der Waals surface area contributed by atoms with Crippen LogP contribution < -0.4 is 0 Å². The smallest absolute Gasteiger partial charge is 0.243 e. The van der Waals surface area contributed by atoms with Crippen LogP contribution in [0.4, 0.5) is 0 Å². The van der Waals surface area contributed by atoms with E-state index in [0.717, 1.165) is 28.3 Å². The molecule has 4 aromatic rings. The van der Waals surface area contributed by atoms with Crippen LogP contribution in [-0.2, 0) is 21.2 Å². The predicted molar refractivity (Wildman–Crippen MR) is 141 cm³/mol. The molecule has 0 saturated carbocycles. The number of sulfonamides is 1. The van der Waals surface area contributed by atoms with Gasteiger partial charge >= 0.3 is 0 Å². The first-order valence-electron chi connectivity index (χ1n) is 11.9. The van der Waals surface area contributed by atoms with Crippen molar-refractivity contribution in [3.05, 3.63) is 100 Å². The SMILES string of the molecule is CCCN(CC(=O)N1CCc2sccc2[C@H]1c1ccccc1)S(=O)(=O)c1ccc2ccccc2c1. The fourth-order valence-corrected chi connectivity index (χ4v) is 7.25. The van der Waals surface area contributed by atoms with Crippen LogP contribution in [0.1, 0.15) is 35.4 Å². The first kappa shape index (κ1) is 23.7. The van der Waals surface area contributed by atoms with Crippen LogP contribution in [-0.4, -0.2) is 43.2 Å². The Hall–Kier alpha value is -3.00. The molecule has 1 aliphatic rings. The zero-order valence-corrected chi connectivity index (χ0v) is 21.3. The average molecular weight is 505 g/mol. The largest absolute Gasteiger partial charge is 0.330 e. The van der Waals surface area contributed by atoms with E-state index in [4.69, 9.17) is 0 Å². The van der Waals surface area contributed by atoms with Crippen LogP contribution in [0.5, 0.6) is 0 Å². The van der Waals surface area contributed by atoms with E-state index in [2.05, 4.69) is 11.4 Å². The number of hydrogen-bond donors (Lipinski definition) is 0. The Morgan fingerprint density at radius 1 is 1.00 bits per heavy atom. The monoisotopic (exact) mass is 504 g/mol. The number of amides is 1. The number of fused-ring (bicyclic) bond motifs is 2. The van der Waals surface area contributed by atoms with E-state index >= 15 is 0 Å². The predicted octanol–water partition coefficient (Wildman–Crippen LogP) is 5.48. The molecule has 35 heavy (non-hydrogen) atoms. The van der Waals surface area contributed by atoms with Crippen molar-refractivity contribution in [3.63, 3.8) is 0 Å². The van der Waals surface area contributed by atoms with Gasteiger partial charge in [0.1, 0.15) is 0 Å². The molecule has 5 rings (SSSR count). The minimum absolute atomic E-state index is 0.173. The van der Waals surface area contributed by atoms with Crippen molar-refractivity contribution in [2.24, 2.45) is 0 Å². The minimum Gasteiger partial charge on any atom is -0.330 e. The third-order valence-corrected chi connectivity index (χ3v) is 9.38. The van der Waals surface area contributed by atoms with Crippen molar-refractivity contribution in [1.82, 2.24) is 9.21 Å². The molecule has 5 nitrogen and oxygen atoms in total. The lowest BCUT2D eigenvalue weighted by molar-refractivity contribution is -0.133. The van der Waals surface area contributed by atoms with Gasteiger partial charge in [0, 0.05) is 18.0 Å². The quantitative estimate of drug-likeness (QED) is 0.335. The Balaban J connectivity index is 1.46. The summed E-state index contributed by atoms with van der Waals surface area (Å²) in [5.74, 6) is -0.173. The van der Waals surface area contributed by atoms with E-state index < -0.39 is 10.0 Å². The molecule has 0 fully saturated rings. The molecule has 0 spiro atoms. The summed E-state index contributed by atoms with van der Waals surface area (Å²) < 4.78 is 28.6. The summed E-state index contributed by atoms with van der Waals surface area (Å²) in [5, 5.41) is 3.92. The zero-order valence-electron chi connectivity index (χ0n) is 19.6. The summed E-state index contributed by atoms with van der Waals surface area (Å²) in [7, 11) is -3.83. The Labute approximate surface area is 210 Å². The van der Waals surface area contributed by atoms with Crippen LogP contribution in [0, 0.1) is 0 Å². The van der Waals surface area contributed by atoms with Gasteiger partial charge in [-0.2, -0.15) is 4.31 Å². The van der Waals surface area contributed by atoms with E-state index in [1.807, 2.05) is 72.5 Å². The van der Waals surface area contributed by atoms with Crippen molar-refractivity contribution in [1.29, 1.82) is 0 Å². The molecule has 1 atom stereocenters. The van der Waals surface area contributed by atoms with Crippen molar-refractivity contribution in [2.45, 2.75) is 30.7 Å². The first-order chi connectivity index (χ1) is 17.0. The third-order valence-electron chi connectivity index (χ3n) is 6.54. The van der Waals surface area contributed by atoms with Crippen LogP contribution >= 0.6 is 11.3 Å². The van der Waals surface area contributed by atoms with E-state index in [-0.39, 0.29) is 29.9 Å². The molecular formula is C28H28N2O3S2. The first-order valence-corrected chi connectivity index (χ1v) is 14.2. The summed E-state index contributed by atoms with van der Waals surface area (Å²) in [6.07, 6.45) is 1.41. The molecule has 2 heterocycles. The second kappa shape index (κ2) is 9.93. The molecular weight excluding hydrogens is 476 g/mol. The van der Waals surface area contributed by atoms with Crippen molar-refractivity contribution in [2.75, 3.05) is 19.6 Å². The number of nitrogens with zero attached hydrogens (tertiary/aromatic N) is 2. The topological polar surface area (TPSA) is 57.7 Å². The van der Waals surface area contributed by atoms with Crippen LogP contribution in [0.15, 0.2) is 89.1 Å². The van der Waals surface area contributed by atoms with Crippen molar-refractivity contribution >= 4 is 38.0 Å². The van der Waals surface area contributed by atoms with Crippen molar-refractivity contribution < 1.29 is 13.2 Å². The van der Waals surface area contributed by atoms with Crippen LogP contribution in [0.25, 0.3) is 10.8 Å². The van der Waals surface area contributed by atoms with Crippen molar-refractivity contribution in [3.8, 4) is 0 Å². The zero-order chi connectivity index (χ0) is 24.4. The lowest BCUT2D eigenvalue weighted by Gasteiger charge is -2.37. The van der Waals surface area contributed by atoms with E-state index in [9.17, 15) is 13.2 Å². The van der Waals surface area contributed by atoms with Gasteiger partial charge in [-0.25, -0.2) is 8.42 Å². The molecule has 1 aromatic heterocycles. The second-order valence-electron chi connectivity index (χ2n) is 8.80. The van der Waals surface area contributed by atoms with E-state index in [1.54, 1.807) is 23.5 Å². The molecule has 0 bridgehead atoms.